The molecular weight excluding hydrogens is 314 g/mol. The molecule has 0 spiro atoms. The molecule has 1 aliphatic heterocycles. The summed E-state index contributed by atoms with van der Waals surface area (Å²) in [5.41, 5.74) is 1.74. The predicted molar refractivity (Wildman–Crippen MR) is 90.2 cm³/mol. The molecule has 0 bridgehead atoms. The molecule has 0 amide bonds. The second-order valence-electron chi connectivity index (χ2n) is 5.22. The van der Waals surface area contributed by atoms with E-state index in [0.717, 1.165) is 6.26 Å². The summed E-state index contributed by atoms with van der Waals surface area (Å²) < 4.78 is 37.0. The van der Waals surface area contributed by atoms with Gasteiger partial charge in [-0.3, -0.25) is 0 Å². The summed E-state index contributed by atoms with van der Waals surface area (Å²) >= 11 is 0. The Morgan fingerprint density at radius 2 is 1.83 bits per heavy atom. The molecule has 0 saturated carbocycles. The van der Waals surface area contributed by atoms with Gasteiger partial charge < -0.3 is 9.47 Å². The molecule has 23 heavy (non-hydrogen) atoms. The van der Waals surface area contributed by atoms with Gasteiger partial charge in [-0.1, -0.05) is 36.9 Å². The minimum absolute atomic E-state index is 0.510. The van der Waals surface area contributed by atoms with Gasteiger partial charge in [0.05, 0.1) is 19.1 Å². The number of para-hydroxylation sites is 3. The maximum atomic E-state index is 12.3. The maximum absolute atomic E-state index is 12.3. The highest BCUT2D eigenvalue weighted by Crippen LogP contribution is 2.43. The number of ether oxygens (including phenoxy) is 2. The van der Waals surface area contributed by atoms with Crippen LogP contribution in [-0.2, 0) is 10.0 Å². The van der Waals surface area contributed by atoms with Crippen molar-refractivity contribution in [2.45, 2.75) is 6.23 Å². The number of fused-ring (bicyclic) bond motifs is 1. The van der Waals surface area contributed by atoms with Crippen molar-refractivity contribution in [1.29, 1.82) is 0 Å². The van der Waals surface area contributed by atoms with E-state index in [2.05, 4.69) is 6.58 Å². The van der Waals surface area contributed by atoms with Crippen molar-refractivity contribution in [2.24, 2.45) is 0 Å². The smallest absolute Gasteiger partial charge is 0.235 e. The van der Waals surface area contributed by atoms with Gasteiger partial charge in [-0.2, -0.15) is 0 Å². The molecule has 120 valence electrons. The third-order valence-electron chi connectivity index (χ3n) is 3.66. The zero-order valence-electron chi connectivity index (χ0n) is 12.9. The van der Waals surface area contributed by atoms with Crippen molar-refractivity contribution in [3.63, 3.8) is 0 Å². The van der Waals surface area contributed by atoms with E-state index in [4.69, 9.17) is 9.47 Å². The first-order valence-electron chi connectivity index (χ1n) is 7.01. The van der Waals surface area contributed by atoms with Crippen LogP contribution in [0.2, 0.25) is 0 Å². The molecule has 0 saturated heterocycles. The first kappa shape index (κ1) is 15.4. The first-order valence-corrected chi connectivity index (χ1v) is 8.85. The Hall–Kier alpha value is -2.47. The fourth-order valence-electron chi connectivity index (χ4n) is 2.64. The third-order valence-corrected chi connectivity index (χ3v) is 4.77. The Morgan fingerprint density at radius 3 is 2.52 bits per heavy atom. The zero-order chi connectivity index (χ0) is 16.6. The third kappa shape index (κ3) is 2.66. The fraction of sp³-hybridized carbons (Fsp3) is 0.176. The lowest BCUT2D eigenvalue weighted by molar-refractivity contribution is 0.297. The van der Waals surface area contributed by atoms with Gasteiger partial charge in [0.25, 0.3) is 0 Å². The van der Waals surface area contributed by atoms with Crippen molar-refractivity contribution >= 4 is 21.3 Å². The van der Waals surface area contributed by atoms with E-state index in [1.807, 2.05) is 18.2 Å². The Bertz CT molecular complexity index is 860. The summed E-state index contributed by atoms with van der Waals surface area (Å²) in [5, 5.41) is 0. The van der Waals surface area contributed by atoms with Crippen molar-refractivity contribution in [3.05, 3.63) is 60.7 Å². The minimum Gasteiger partial charge on any atom is -0.496 e. The average molecular weight is 331 g/mol. The molecule has 2 aromatic rings. The van der Waals surface area contributed by atoms with E-state index in [1.165, 1.54) is 4.31 Å². The molecule has 0 N–H and O–H groups in total. The summed E-state index contributed by atoms with van der Waals surface area (Å²) in [6.45, 7) is 4.05. The summed E-state index contributed by atoms with van der Waals surface area (Å²) in [7, 11) is -1.97. The number of anilines is 1. The van der Waals surface area contributed by atoms with Gasteiger partial charge in [0.15, 0.2) is 0 Å². The van der Waals surface area contributed by atoms with Gasteiger partial charge in [0, 0.05) is 11.1 Å². The zero-order valence-corrected chi connectivity index (χ0v) is 13.7. The summed E-state index contributed by atoms with van der Waals surface area (Å²) in [5.74, 6) is 1.13. The van der Waals surface area contributed by atoms with Crippen molar-refractivity contribution in [3.8, 4) is 11.5 Å². The van der Waals surface area contributed by atoms with Gasteiger partial charge in [-0.15, -0.1) is 0 Å². The number of hydrogen-bond acceptors (Lipinski definition) is 4. The highest BCUT2D eigenvalue weighted by molar-refractivity contribution is 7.92. The number of hydrogen-bond donors (Lipinski definition) is 0. The van der Waals surface area contributed by atoms with Crippen LogP contribution in [0.1, 0.15) is 5.56 Å². The molecule has 0 aromatic heterocycles. The standard InChI is InChI=1S/C17H17NO4S/c1-12(13-8-4-6-10-15(13)21-2)17-18(23(3,19)20)14-9-5-7-11-16(14)22-17/h4-11,17H,1H2,2-3H3. The van der Waals surface area contributed by atoms with Crippen LogP contribution in [0.3, 0.4) is 0 Å². The first-order chi connectivity index (χ1) is 10.9. The van der Waals surface area contributed by atoms with Crippen LogP contribution < -0.4 is 13.8 Å². The van der Waals surface area contributed by atoms with Gasteiger partial charge >= 0.3 is 0 Å². The quantitative estimate of drug-likeness (QED) is 0.864. The molecule has 5 nitrogen and oxygen atoms in total. The lowest BCUT2D eigenvalue weighted by atomic mass is 10.1. The van der Waals surface area contributed by atoms with Gasteiger partial charge in [0.1, 0.15) is 11.5 Å². The van der Waals surface area contributed by atoms with Crippen LogP contribution in [0.4, 0.5) is 5.69 Å². The highest BCUT2D eigenvalue weighted by Gasteiger charge is 2.39. The Balaban J connectivity index is 2.08. The summed E-state index contributed by atoms with van der Waals surface area (Å²) in [4.78, 5) is 0. The molecule has 0 aliphatic carbocycles. The lowest BCUT2D eigenvalue weighted by Gasteiger charge is -2.25. The molecule has 0 radical (unpaired) electrons. The normalized spacial score (nSPS) is 16.6. The number of rotatable bonds is 4. The van der Waals surface area contributed by atoms with E-state index in [9.17, 15) is 8.42 Å². The van der Waals surface area contributed by atoms with E-state index in [-0.39, 0.29) is 0 Å². The molecule has 6 heteroatoms. The van der Waals surface area contributed by atoms with Gasteiger partial charge in [-0.05, 0) is 18.2 Å². The molecule has 1 unspecified atom stereocenters. The Morgan fingerprint density at radius 1 is 1.17 bits per heavy atom. The molecular formula is C17H17NO4S. The Labute approximate surface area is 135 Å². The molecule has 1 atom stereocenters. The second-order valence-corrected chi connectivity index (χ2v) is 7.08. The van der Waals surface area contributed by atoms with E-state index in [1.54, 1.807) is 37.4 Å². The monoisotopic (exact) mass is 331 g/mol. The molecule has 2 aromatic carbocycles. The average Bonchev–Trinajstić information content (AvgIpc) is 2.93. The SMILES string of the molecule is C=C(c1ccccc1OC)C1Oc2ccccc2N1S(C)(=O)=O. The fourth-order valence-corrected chi connectivity index (χ4v) is 3.67. The van der Waals surface area contributed by atoms with Gasteiger partial charge in [-0.25, -0.2) is 12.7 Å². The van der Waals surface area contributed by atoms with Crippen LogP contribution in [0.25, 0.3) is 5.57 Å². The van der Waals surface area contributed by atoms with Crippen molar-refractivity contribution in [1.82, 2.24) is 0 Å². The molecule has 1 aliphatic rings. The maximum Gasteiger partial charge on any atom is 0.235 e. The summed E-state index contributed by atoms with van der Waals surface area (Å²) in [6, 6.07) is 14.3. The summed E-state index contributed by atoms with van der Waals surface area (Å²) in [6.07, 6.45) is 0.319. The highest BCUT2D eigenvalue weighted by atomic mass is 32.2. The minimum atomic E-state index is -3.53. The van der Waals surface area contributed by atoms with Crippen LogP contribution in [0.15, 0.2) is 55.1 Å². The molecule has 1 heterocycles. The second kappa shape index (κ2) is 5.62. The number of nitrogens with zero attached hydrogens (tertiary/aromatic N) is 1. The molecule has 0 fully saturated rings. The van der Waals surface area contributed by atoms with Crippen LogP contribution in [0.5, 0.6) is 11.5 Å². The van der Waals surface area contributed by atoms with Crippen LogP contribution in [0, 0.1) is 0 Å². The van der Waals surface area contributed by atoms with Crippen LogP contribution in [-0.4, -0.2) is 28.0 Å². The van der Waals surface area contributed by atoms with Crippen LogP contribution >= 0.6 is 0 Å². The lowest BCUT2D eigenvalue weighted by Crippen LogP contribution is -2.39. The van der Waals surface area contributed by atoms with E-state index < -0.39 is 16.3 Å². The largest absolute Gasteiger partial charge is 0.496 e. The molecule has 3 rings (SSSR count). The predicted octanol–water partition coefficient (Wildman–Crippen LogP) is 2.89. The topological polar surface area (TPSA) is 55.8 Å². The van der Waals surface area contributed by atoms with E-state index in [0.29, 0.717) is 28.3 Å². The van der Waals surface area contributed by atoms with Crippen molar-refractivity contribution in [2.75, 3.05) is 17.7 Å². The Kier molecular flexibility index (Phi) is 3.77. The van der Waals surface area contributed by atoms with Crippen molar-refractivity contribution < 1.29 is 17.9 Å². The van der Waals surface area contributed by atoms with Gasteiger partial charge in [0.2, 0.25) is 16.3 Å². The number of benzene rings is 2. The van der Waals surface area contributed by atoms with E-state index >= 15 is 0 Å². The number of methoxy groups -OCH3 is 1. The number of sulfonamides is 1.